The predicted octanol–water partition coefficient (Wildman–Crippen LogP) is 2.97. The molecule has 1 aliphatic rings. The number of methoxy groups -OCH3 is 1. The molecule has 0 saturated carbocycles. The Kier molecular flexibility index (Phi) is 2.33. The van der Waals surface area contributed by atoms with E-state index < -0.39 is 5.97 Å². The third-order valence-corrected chi connectivity index (χ3v) is 3.25. The van der Waals surface area contributed by atoms with Gasteiger partial charge in [0.1, 0.15) is 5.75 Å². The molecule has 1 aliphatic carbocycles. The van der Waals surface area contributed by atoms with E-state index in [4.69, 9.17) is 9.84 Å². The second kappa shape index (κ2) is 3.88. The van der Waals surface area contributed by atoms with Gasteiger partial charge in [-0.05, 0) is 46.0 Å². The van der Waals surface area contributed by atoms with Crippen molar-refractivity contribution in [3.8, 4) is 28.0 Å². The van der Waals surface area contributed by atoms with Crippen molar-refractivity contribution < 1.29 is 14.6 Å². The summed E-state index contributed by atoms with van der Waals surface area (Å²) in [6, 6.07) is 11.8. The zero-order chi connectivity index (χ0) is 12.7. The smallest absolute Gasteiger partial charge is 0.307 e. The standard InChI is InChI=1S/C15H12O3/c1-18-10-3-5-12-11-4-2-9(7-15(16)17)6-13(11)14(12)8-10/h2-6,8H,7H2,1H3,(H,16,17). The third kappa shape index (κ3) is 1.56. The third-order valence-electron chi connectivity index (χ3n) is 3.25. The molecule has 18 heavy (non-hydrogen) atoms. The minimum absolute atomic E-state index is 0.0621. The van der Waals surface area contributed by atoms with Crippen LogP contribution in [0.25, 0.3) is 22.3 Å². The Morgan fingerprint density at radius 1 is 1.06 bits per heavy atom. The Morgan fingerprint density at radius 2 is 1.72 bits per heavy atom. The Morgan fingerprint density at radius 3 is 2.39 bits per heavy atom. The summed E-state index contributed by atoms with van der Waals surface area (Å²) < 4.78 is 5.20. The number of aliphatic carboxylic acids is 1. The van der Waals surface area contributed by atoms with Crippen molar-refractivity contribution in [2.75, 3.05) is 7.11 Å². The average molecular weight is 240 g/mol. The van der Waals surface area contributed by atoms with Gasteiger partial charge in [0.05, 0.1) is 13.5 Å². The van der Waals surface area contributed by atoms with Crippen LogP contribution in [0.15, 0.2) is 36.4 Å². The van der Waals surface area contributed by atoms with Crippen molar-refractivity contribution in [3.05, 3.63) is 42.0 Å². The predicted molar refractivity (Wildman–Crippen MR) is 68.8 cm³/mol. The van der Waals surface area contributed by atoms with Crippen LogP contribution < -0.4 is 4.74 Å². The lowest BCUT2D eigenvalue weighted by atomic mass is 9.79. The fraction of sp³-hybridized carbons (Fsp3) is 0.133. The molecular weight excluding hydrogens is 228 g/mol. The van der Waals surface area contributed by atoms with E-state index >= 15 is 0 Å². The summed E-state index contributed by atoms with van der Waals surface area (Å²) in [6.45, 7) is 0. The molecule has 0 spiro atoms. The molecule has 0 saturated heterocycles. The number of hydrogen-bond donors (Lipinski definition) is 1. The van der Waals surface area contributed by atoms with Gasteiger partial charge in [-0.3, -0.25) is 4.79 Å². The largest absolute Gasteiger partial charge is 0.497 e. The van der Waals surface area contributed by atoms with Crippen molar-refractivity contribution in [2.45, 2.75) is 6.42 Å². The fourth-order valence-corrected chi connectivity index (χ4v) is 2.38. The molecule has 3 heteroatoms. The summed E-state index contributed by atoms with van der Waals surface area (Å²) >= 11 is 0. The molecule has 1 N–H and O–H groups in total. The topological polar surface area (TPSA) is 46.5 Å². The van der Waals surface area contributed by atoms with Crippen LogP contribution in [0, 0.1) is 0 Å². The molecule has 2 aromatic rings. The van der Waals surface area contributed by atoms with Gasteiger partial charge in [-0.25, -0.2) is 0 Å². The Bertz CT molecular complexity index is 644. The maximum absolute atomic E-state index is 10.7. The molecule has 0 heterocycles. The van der Waals surface area contributed by atoms with E-state index in [2.05, 4.69) is 0 Å². The SMILES string of the molecule is COc1ccc2c(c1)-c1cc(CC(=O)O)ccc1-2. The van der Waals surface area contributed by atoms with E-state index in [0.29, 0.717) is 0 Å². The number of benzene rings is 2. The molecule has 0 atom stereocenters. The molecule has 0 unspecified atom stereocenters. The van der Waals surface area contributed by atoms with Gasteiger partial charge >= 0.3 is 5.97 Å². The van der Waals surface area contributed by atoms with Gasteiger partial charge in [-0.1, -0.05) is 18.2 Å². The molecule has 0 radical (unpaired) electrons. The van der Waals surface area contributed by atoms with Crippen LogP contribution in [0.2, 0.25) is 0 Å². The fourth-order valence-electron chi connectivity index (χ4n) is 2.38. The van der Waals surface area contributed by atoms with Crippen molar-refractivity contribution in [1.82, 2.24) is 0 Å². The van der Waals surface area contributed by atoms with E-state index in [1.807, 2.05) is 36.4 Å². The first-order valence-corrected chi connectivity index (χ1v) is 5.72. The van der Waals surface area contributed by atoms with E-state index in [-0.39, 0.29) is 6.42 Å². The molecule has 0 amide bonds. The normalized spacial score (nSPS) is 11.2. The van der Waals surface area contributed by atoms with Crippen LogP contribution in [0.3, 0.4) is 0 Å². The van der Waals surface area contributed by atoms with Crippen molar-refractivity contribution in [1.29, 1.82) is 0 Å². The summed E-state index contributed by atoms with van der Waals surface area (Å²) in [7, 11) is 1.64. The Labute approximate surface area is 105 Å². The monoisotopic (exact) mass is 240 g/mol. The molecule has 3 rings (SSSR count). The molecule has 3 nitrogen and oxygen atoms in total. The highest BCUT2D eigenvalue weighted by Gasteiger charge is 2.23. The van der Waals surface area contributed by atoms with Gasteiger partial charge in [0, 0.05) is 0 Å². The van der Waals surface area contributed by atoms with E-state index in [1.165, 1.54) is 11.1 Å². The number of rotatable bonds is 3. The summed E-state index contributed by atoms with van der Waals surface area (Å²) in [4.78, 5) is 10.7. The molecule has 90 valence electrons. The van der Waals surface area contributed by atoms with Gasteiger partial charge in [0.2, 0.25) is 0 Å². The van der Waals surface area contributed by atoms with Gasteiger partial charge in [-0.15, -0.1) is 0 Å². The van der Waals surface area contributed by atoms with E-state index in [9.17, 15) is 4.79 Å². The Hall–Kier alpha value is -2.29. The van der Waals surface area contributed by atoms with E-state index in [0.717, 1.165) is 22.4 Å². The molecule has 0 bridgehead atoms. The highest BCUT2D eigenvalue weighted by Crippen LogP contribution is 2.48. The lowest BCUT2D eigenvalue weighted by molar-refractivity contribution is -0.136. The van der Waals surface area contributed by atoms with Crippen molar-refractivity contribution in [2.24, 2.45) is 0 Å². The Balaban J connectivity index is 2.01. The van der Waals surface area contributed by atoms with Crippen LogP contribution >= 0.6 is 0 Å². The minimum atomic E-state index is -0.805. The number of carboxylic acid groups (broad SMARTS) is 1. The zero-order valence-electron chi connectivity index (χ0n) is 9.93. The summed E-state index contributed by atoms with van der Waals surface area (Å²) in [6.07, 6.45) is 0.0621. The van der Waals surface area contributed by atoms with Crippen LogP contribution in [0.1, 0.15) is 5.56 Å². The van der Waals surface area contributed by atoms with Gasteiger partial charge in [0.25, 0.3) is 0 Å². The molecule has 0 aromatic heterocycles. The second-order valence-corrected chi connectivity index (χ2v) is 4.36. The van der Waals surface area contributed by atoms with Crippen molar-refractivity contribution in [3.63, 3.8) is 0 Å². The summed E-state index contributed by atoms with van der Waals surface area (Å²) in [5.41, 5.74) is 5.46. The molecule has 2 aromatic carbocycles. The number of carboxylic acids is 1. The number of carbonyl (C=O) groups is 1. The van der Waals surface area contributed by atoms with Gasteiger partial charge in [0.15, 0.2) is 0 Å². The highest BCUT2D eigenvalue weighted by atomic mass is 16.5. The zero-order valence-corrected chi connectivity index (χ0v) is 9.93. The first-order chi connectivity index (χ1) is 8.69. The van der Waals surface area contributed by atoms with Crippen LogP contribution in [-0.2, 0) is 11.2 Å². The minimum Gasteiger partial charge on any atom is -0.497 e. The first kappa shape index (κ1) is 10.8. The summed E-state index contributed by atoms with van der Waals surface area (Å²) in [5, 5.41) is 8.80. The average Bonchev–Trinajstić information content (AvgIpc) is 2.35. The summed E-state index contributed by atoms with van der Waals surface area (Å²) in [5.74, 6) is 0.0168. The lowest BCUT2D eigenvalue weighted by Crippen LogP contribution is -2.04. The maximum atomic E-state index is 10.7. The van der Waals surface area contributed by atoms with Gasteiger partial charge in [-0.2, -0.15) is 0 Å². The number of fused-ring (bicyclic) bond motifs is 4. The van der Waals surface area contributed by atoms with Crippen LogP contribution in [-0.4, -0.2) is 18.2 Å². The lowest BCUT2D eigenvalue weighted by Gasteiger charge is -2.25. The quantitative estimate of drug-likeness (QED) is 0.765. The molecular formula is C15H12O3. The number of ether oxygens (including phenoxy) is 1. The van der Waals surface area contributed by atoms with Gasteiger partial charge < -0.3 is 9.84 Å². The molecule has 0 fully saturated rings. The van der Waals surface area contributed by atoms with E-state index in [1.54, 1.807) is 7.11 Å². The van der Waals surface area contributed by atoms with Crippen LogP contribution in [0.5, 0.6) is 5.75 Å². The van der Waals surface area contributed by atoms with Crippen LogP contribution in [0.4, 0.5) is 0 Å². The van der Waals surface area contributed by atoms with Crippen molar-refractivity contribution >= 4 is 5.97 Å². The number of hydrogen-bond acceptors (Lipinski definition) is 2. The maximum Gasteiger partial charge on any atom is 0.307 e. The molecule has 0 aliphatic heterocycles. The highest BCUT2D eigenvalue weighted by molar-refractivity contribution is 6.03. The first-order valence-electron chi connectivity index (χ1n) is 5.72. The second-order valence-electron chi connectivity index (χ2n) is 4.36.